The lowest BCUT2D eigenvalue weighted by Gasteiger charge is -2.07. The summed E-state index contributed by atoms with van der Waals surface area (Å²) in [5, 5.41) is 4.27. The highest BCUT2D eigenvalue weighted by atomic mass is 32.1. The van der Waals surface area contributed by atoms with Gasteiger partial charge in [0.25, 0.3) is 0 Å². The summed E-state index contributed by atoms with van der Waals surface area (Å²) < 4.78 is 10.9. The van der Waals surface area contributed by atoms with Gasteiger partial charge in [0, 0.05) is 30.1 Å². The average molecular weight is 339 g/mol. The third-order valence-corrected chi connectivity index (χ3v) is 4.74. The zero-order valence-corrected chi connectivity index (χ0v) is 14.1. The summed E-state index contributed by atoms with van der Waals surface area (Å²) in [5.41, 5.74) is 2.99. The molecule has 2 aromatic heterocycles. The minimum Gasteiger partial charge on any atom is -0.454 e. The van der Waals surface area contributed by atoms with E-state index in [1.807, 2.05) is 30.5 Å². The Labute approximate surface area is 144 Å². The molecule has 0 bridgehead atoms. The van der Waals surface area contributed by atoms with E-state index in [9.17, 15) is 0 Å². The molecular weight excluding hydrogens is 322 g/mol. The standard InChI is InChI=1S/C18H17N3O2S/c1-2-7-20-18-21-10-16(24-18)13-4-3-8-19-17(13)12-5-6-14-15(9-12)23-11-22-14/h3-6,8-10H,2,7,11H2,1H3,(H,20,21). The molecular formula is C18H17N3O2S. The van der Waals surface area contributed by atoms with Crippen molar-refractivity contribution < 1.29 is 9.47 Å². The van der Waals surface area contributed by atoms with E-state index in [-0.39, 0.29) is 6.79 Å². The lowest BCUT2D eigenvalue weighted by molar-refractivity contribution is 0.174. The van der Waals surface area contributed by atoms with Gasteiger partial charge < -0.3 is 14.8 Å². The molecule has 122 valence electrons. The van der Waals surface area contributed by atoms with Crippen LogP contribution in [-0.2, 0) is 0 Å². The number of nitrogens with zero attached hydrogens (tertiary/aromatic N) is 2. The highest BCUT2D eigenvalue weighted by molar-refractivity contribution is 7.18. The molecule has 0 spiro atoms. The van der Waals surface area contributed by atoms with Gasteiger partial charge in [-0.2, -0.15) is 0 Å². The van der Waals surface area contributed by atoms with E-state index in [4.69, 9.17) is 9.47 Å². The maximum atomic E-state index is 5.48. The molecule has 1 aromatic carbocycles. The van der Waals surface area contributed by atoms with Crippen molar-refractivity contribution in [1.29, 1.82) is 0 Å². The predicted molar refractivity (Wildman–Crippen MR) is 95.7 cm³/mol. The van der Waals surface area contributed by atoms with E-state index in [2.05, 4.69) is 28.3 Å². The Bertz CT molecular complexity index is 863. The fourth-order valence-electron chi connectivity index (χ4n) is 2.59. The Morgan fingerprint density at radius 2 is 2.08 bits per heavy atom. The predicted octanol–water partition coefficient (Wildman–Crippen LogP) is 4.42. The van der Waals surface area contributed by atoms with Gasteiger partial charge in [-0.15, -0.1) is 0 Å². The number of pyridine rings is 1. The molecule has 0 saturated heterocycles. The molecule has 0 amide bonds. The highest BCUT2D eigenvalue weighted by Gasteiger charge is 2.17. The topological polar surface area (TPSA) is 56.3 Å². The Morgan fingerprint density at radius 1 is 1.17 bits per heavy atom. The lowest BCUT2D eigenvalue weighted by atomic mass is 10.0. The lowest BCUT2D eigenvalue weighted by Crippen LogP contribution is -1.97. The van der Waals surface area contributed by atoms with Crippen molar-refractivity contribution in [3.05, 3.63) is 42.7 Å². The van der Waals surface area contributed by atoms with Crippen molar-refractivity contribution >= 4 is 16.5 Å². The first kappa shape index (κ1) is 15.0. The van der Waals surface area contributed by atoms with E-state index in [0.717, 1.165) is 51.3 Å². The summed E-state index contributed by atoms with van der Waals surface area (Å²) >= 11 is 1.64. The molecule has 0 saturated carbocycles. The van der Waals surface area contributed by atoms with Crippen LogP contribution in [0.5, 0.6) is 11.5 Å². The van der Waals surface area contributed by atoms with E-state index in [1.54, 1.807) is 17.5 Å². The zero-order chi connectivity index (χ0) is 16.4. The summed E-state index contributed by atoms with van der Waals surface area (Å²) in [6.07, 6.45) is 4.78. The first-order valence-corrected chi connectivity index (χ1v) is 8.72. The molecule has 0 unspecified atom stereocenters. The number of anilines is 1. The molecule has 4 rings (SSSR count). The van der Waals surface area contributed by atoms with Crippen molar-refractivity contribution in [3.63, 3.8) is 0 Å². The molecule has 24 heavy (non-hydrogen) atoms. The number of thiazole rings is 1. The monoisotopic (exact) mass is 339 g/mol. The molecule has 1 N–H and O–H groups in total. The van der Waals surface area contributed by atoms with Crippen molar-refractivity contribution in [2.45, 2.75) is 13.3 Å². The average Bonchev–Trinajstić information content (AvgIpc) is 3.28. The fraction of sp³-hybridized carbons (Fsp3) is 0.222. The largest absolute Gasteiger partial charge is 0.454 e. The summed E-state index contributed by atoms with van der Waals surface area (Å²) in [6, 6.07) is 9.94. The first-order valence-electron chi connectivity index (χ1n) is 7.90. The van der Waals surface area contributed by atoms with Gasteiger partial charge in [-0.3, -0.25) is 4.98 Å². The smallest absolute Gasteiger partial charge is 0.231 e. The summed E-state index contributed by atoms with van der Waals surface area (Å²) in [5.74, 6) is 1.54. The zero-order valence-electron chi connectivity index (χ0n) is 13.3. The molecule has 1 aliphatic heterocycles. The third-order valence-electron chi connectivity index (χ3n) is 3.75. The molecule has 1 aliphatic rings. The third kappa shape index (κ3) is 2.80. The van der Waals surface area contributed by atoms with Crippen LogP contribution in [0.3, 0.4) is 0 Å². The molecule has 3 heterocycles. The van der Waals surface area contributed by atoms with Crippen molar-refractivity contribution in [1.82, 2.24) is 9.97 Å². The van der Waals surface area contributed by atoms with Gasteiger partial charge in [0.2, 0.25) is 6.79 Å². The molecule has 0 atom stereocenters. The second-order valence-corrected chi connectivity index (χ2v) is 6.45. The Hall–Kier alpha value is -2.60. The maximum absolute atomic E-state index is 5.48. The number of rotatable bonds is 5. The van der Waals surface area contributed by atoms with Crippen LogP contribution < -0.4 is 14.8 Å². The number of hydrogen-bond acceptors (Lipinski definition) is 6. The van der Waals surface area contributed by atoms with Crippen LogP contribution in [-0.4, -0.2) is 23.3 Å². The molecule has 0 aliphatic carbocycles. The maximum Gasteiger partial charge on any atom is 0.231 e. The number of fused-ring (bicyclic) bond motifs is 1. The highest BCUT2D eigenvalue weighted by Crippen LogP contribution is 2.39. The van der Waals surface area contributed by atoms with Crippen LogP contribution in [0, 0.1) is 0 Å². The quantitative estimate of drug-likeness (QED) is 0.745. The molecule has 6 heteroatoms. The Morgan fingerprint density at radius 3 is 3.00 bits per heavy atom. The van der Waals surface area contributed by atoms with Crippen molar-refractivity contribution in [3.8, 4) is 33.2 Å². The number of benzene rings is 1. The van der Waals surface area contributed by atoms with Crippen molar-refractivity contribution in [2.24, 2.45) is 0 Å². The normalized spacial score (nSPS) is 12.4. The van der Waals surface area contributed by atoms with Crippen LogP contribution >= 0.6 is 11.3 Å². The van der Waals surface area contributed by atoms with Crippen molar-refractivity contribution in [2.75, 3.05) is 18.7 Å². The van der Waals surface area contributed by atoms with Gasteiger partial charge in [0.15, 0.2) is 16.6 Å². The van der Waals surface area contributed by atoms with Crippen LogP contribution in [0.2, 0.25) is 0 Å². The second kappa shape index (κ2) is 6.49. The summed E-state index contributed by atoms with van der Waals surface area (Å²) in [6.45, 7) is 3.34. The molecule has 0 radical (unpaired) electrons. The van der Waals surface area contributed by atoms with E-state index in [1.165, 1.54) is 0 Å². The van der Waals surface area contributed by atoms with Gasteiger partial charge in [-0.1, -0.05) is 18.3 Å². The number of nitrogens with one attached hydrogen (secondary N) is 1. The number of hydrogen-bond donors (Lipinski definition) is 1. The van der Waals surface area contributed by atoms with Gasteiger partial charge in [0.05, 0.1) is 10.6 Å². The van der Waals surface area contributed by atoms with Crippen LogP contribution in [0.25, 0.3) is 21.7 Å². The van der Waals surface area contributed by atoms with Crippen LogP contribution in [0.1, 0.15) is 13.3 Å². The Balaban J connectivity index is 1.71. The first-order chi connectivity index (χ1) is 11.8. The number of aromatic nitrogens is 2. The van der Waals surface area contributed by atoms with Crippen LogP contribution in [0.15, 0.2) is 42.7 Å². The molecule has 0 fully saturated rings. The minimum atomic E-state index is 0.273. The van der Waals surface area contributed by atoms with Crippen LogP contribution in [0.4, 0.5) is 5.13 Å². The van der Waals surface area contributed by atoms with Gasteiger partial charge >= 0.3 is 0 Å². The minimum absolute atomic E-state index is 0.273. The fourth-order valence-corrected chi connectivity index (χ4v) is 3.46. The number of ether oxygens (including phenoxy) is 2. The van der Waals surface area contributed by atoms with E-state index in [0.29, 0.717) is 0 Å². The van der Waals surface area contributed by atoms with Gasteiger partial charge in [-0.05, 0) is 36.8 Å². The van der Waals surface area contributed by atoms with E-state index >= 15 is 0 Å². The van der Waals surface area contributed by atoms with Gasteiger partial charge in [0.1, 0.15) is 0 Å². The second-order valence-electron chi connectivity index (χ2n) is 5.42. The van der Waals surface area contributed by atoms with E-state index < -0.39 is 0 Å². The molecule has 3 aromatic rings. The Kier molecular flexibility index (Phi) is 4.04. The summed E-state index contributed by atoms with van der Waals surface area (Å²) in [7, 11) is 0. The molecule has 5 nitrogen and oxygen atoms in total. The summed E-state index contributed by atoms with van der Waals surface area (Å²) in [4.78, 5) is 10.1. The van der Waals surface area contributed by atoms with Gasteiger partial charge in [-0.25, -0.2) is 4.98 Å². The SMILES string of the molecule is CCCNc1ncc(-c2cccnc2-c2ccc3c(c2)OCO3)s1.